The summed E-state index contributed by atoms with van der Waals surface area (Å²) in [5.74, 6) is 0.123. The summed E-state index contributed by atoms with van der Waals surface area (Å²) in [6, 6.07) is 3.88. The van der Waals surface area contributed by atoms with E-state index in [0.717, 1.165) is 19.8 Å². The third kappa shape index (κ3) is 2.22. The van der Waals surface area contributed by atoms with Gasteiger partial charge in [0.2, 0.25) is 5.78 Å². The van der Waals surface area contributed by atoms with Crippen molar-refractivity contribution in [2.45, 2.75) is 13.8 Å². The average molecular weight is 301 g/mol. The van der Waals surface area contributed by atoms with Crippen LogP contribution in [-0.4, -0.2) is 5.78 Å². The summed E-state index contributed by atoms with van der Waals surface area (Å²) in [5.41, 5.74) is 1.92. The Balaban J connectivity index is 2.36. The van der Waals surface area contributed by atoms with Crippen molar-refractivity contribution >= 4 is 44.4 Å². The molecule has 0 fully saturated rings. The number of thiophene rings is 2. The molecule has 0 aliphatic rings. The molecule has 1 nitrogen and oxygen atoms in total. The summed E-state index contributed by atoms with van der Waals surface area (Å²) in [7, 11) is 0. The summed E-state index contributed by atoms with van der Waals surface area (Å²) < 4.78 is 1.04. The standard InChI is InChI=1S/C11H9BrOS2/c1-6-3-9(15-11(6)12)10(13)8-4-7(2)14-5-8/h3-5H,1-2H3. The molecule has 0 saturated carbocycles. The van der Waals surface area contributed by atoms with Gasteiger partial charge >= 0.3 is 0 Å². The van der Waals surface area contributed by atoms with Crippen LogP contribution < -0.4 is 0 Å². The summed E-state index contributed by atoms with van der Waals surface area (Å²) in [6.45, 7) is 4.01. The maximum absolute atomic E-state index is 12.0. The van der Waals surface area contributed by atoms with Gasteiger partial charge in [-0.05, 0) is 47.5 Å². The van der Waals surface area contributed by atoms with Crippen molar-refractivity contribution in [2.75, 3.05) is 0 Å². The second kappa shape index (κ2) is 4.20. The molecule has 0 aromatic carbocycles. The van der Waals surface area contributed by atoms with Gasteiger partial charge in [0.25, 0.3) is 0 Å². The molecule has 0 unspecified atom stereocenters. The number of halogens is 1. The molecule has 2 heterocycles. The third-order valence-electron chi connectivity index (χ3n) is 2.07. The summed E-state index contributed by atoms with van der Waals surface area (Å²) in [5, 5.41) is 1.92. The number of carbonyl (C=O) groups is 1. The Morgan fingerprint density at radius 2 is 2.07 bits per heavy atom. The van der Waals surface area contributed by atoms with Crippen molar-refractivity contribution in [3.8, 4) is 0 Å². The van der Waals surface area contributed by atoms with Crippen molar-refractivity contribution in [1.82, 2.24) is 0 Å². The predicted molar refractivity (Wildman–Crippen MR) is 69.2 cm³/mol. The van der Waals surface area contributed by atoms with Crippen molar-refractivity contribution < 1.29 is 4.79 Å². The Bertz CT molecular complexity index is 491. The first-order valence-corrected chi connectivity index (χ1v) is 6.92. The van der Waals surface area contributed by atoms with E-state index in [1.807, 2.05) is 31.4 Å². The van der Waals surface area contributed by atoms with Crippen LogP contribution in [0.4, 0.5) is 0 Å². The molecule has 2 rings (SSSR count). The van der Waals surface area contributed by atoms with Gasteiger partial charge in [-0.1, -0.05) is 0 Å². The van der Waals surface area contributed by atoms with E-state index in [1.54, 1.807) is 11.3 Å². The molecule has 0 bridgehead atoms. The number of carbonyl (C=O) groups excluding carboxylic acids is 1. The van der Waals surface area contributed by atoms with Crippen molar-refractivity contribution in [3.05, 3.63) is 42.2 Å². The van der Waals surface area contributed by atoms with Crippen LogP contribution in [0.1, 0.15) is 25.7 Å². The molecule has 15 heavy (non-hydrogen) atoms. The van der Waals surface area contributed by atoms with Crippen LogP contribution in [0.3, 0.4) is 0 Å². The molecule has 0 atom stereocenters. The molecule has 2 aromatic rings. The van der Waals surface area contributed by atoms with Gasteiger partial charge in [0.1, 0.15) is 0 Å². The SMILES string of the molecule is Cc1cc(C(=O)c2cc(C)c(Br)s2)cs1. The Morgan fingerprint density at radius 3 is 2.53 bits per heavy atom. The zero-order valence-corrected chi connectivity index (χ0v) is 11.6. The normalized spacial score (nSPS) is 10.6. The number of aryl methyl sites for hydroxylation is 2. The van der Waals surface area contributed by atoms with Gasteiger partial charge in [-0.25, -0.2) is 0 Å². The second-order valence-electron chi connectivity index (χ2n) is 3.34. The fourth-order valence-corrected chi connectivity index (χ4v) is 3.46. The van der Waals surface area contributed by atoms with E-state index in [2.05, 4.69) is 15.9 Å². The van der Waals surface area contributed by atoms with E-state index < -0.39 is 0 Å². The zero-order chi connectivity index (χ0) is 11.0. The highest BCUT2D eigenvalue weighted by Crippen LogP contribution is 2.29. The van der Waals surface area contributed by atoms with E-state index >= 15 is 0 Å². The third-order valence-corrected chi connectivity index (χ3v) is 5.07. The number of hydrogen-bond acceptors (Lipinski definition) is 3. The molecule has 0 radical (unpaired) electrons. The maximum Gasteiger partial charge on any atom is 0.203 e. The summed E-state index contributed by atoms with van der Waals surface area (Å²) in [6.07, 6.45) is 0. The predicted octanol–water partition coefficient (Wildman–Crippen LogP) is 4.42. The highest BCUT2D eigenvalue weighted by molar-refractivity contribution is 9.11. The molecule has 2 aromatic heterocycles. The Morgan fingerprint density at radius 1 is 1.33 bits per heavy atom. The Hall–Kier alpha value is -0.450. The van der Waals surface area contributed by atoms with E-state index in [4.69, 9.17) is 0 Å². The smallest absolute Gasteiger partial charge is 0.203 e. The lowest BCUT2D eigenvalue weighted by Gasteiger charge is -1.91. The monoisotopic (exact) mass is 300 g/mol. The van der Waals surface area contributed by atoms with Gasteiger partial charge in [-0.2, -0.15) is 0 Å². The molecule has 0 saturated heterocycles. The van der Waals surface area contributed by atoms with Gasteiger partial charge in [0.15, 0.2) is 0 Å². The molecule has 0 aliphatic heterocycles. The molecule has 4 heteroatoms. The summed E-state index contributed by atoms with van der Waals surface area (Å²) >= 11 is 6.54. The highest BCUT2D eigenvalue weighted by atomic mass is 79.9. The van der Waals surface area contributed by atoms with Crippen LogP contribution in [0.2, 0.25) is 0 Å². The van der Waals surface area contributed by atoms with E-state index in [0.29, 0.717) is 0 Å². The number of hydrogen-bond donors (Lipinski definition) is 0. The molecule has 0 aliphatic carbocycles. The maximum atomic E-state index is 12.0. The molecular weight excluding hydrogens is 292 g/mol. The van der Waals surface area contributed by atoms with E-state index in [-0.39, 0.29) is 5.78 Å². The Kier molecular flexibility index (Phi) is 3.09. The van der Waals surface area contributed by atoms with E-state index in [9.17, 15) is 4.79 Å². The van der Waals surface area contributed by atoms with Crippen LogP contribution in [0, 0.1) is 13.8 Å². The minimum absolute atomic E-state index is 0.123. The molecular formula is C11H9BrOS2. The van der Waals surface area contributed by atoms with Crippen LogP contribution in [0.25, 0.3) is 0 Å². The zero-order valence-electron chi connectivity index (χ0n) is 8.33. The van der Waals surface area contributed by atoms with Crippen LogP contribution in [0.15, 0.2) is 21.3 Å². The first-order valence-electron chi connectivity index (χ1n) is 4.43. The summed E-state index contributed by atoms with van der Waals surface area (Å²) in [4.78, 5) is 14.0. The lowest BCUT2D eigenvalue weighted by Crippen LogP contribution is -1.95. The van der Waals surface area contributed by atoms with Gasteiger partial charge < -0.3 is 0 Å². The molecule has 0 amide bonds. The van der Waals surface area contributed by atoms with Crippen molar-refractivity contribution in [1.29, 1.82) is 0 Å². The highest BCUT2D eigenvalue weighted by Gasteiger charge is 2.14. The first-order chi connectivity index (χ1) is 7.08. The van der Waals surface area contributed by atoms with Gasteiger partial charge in [-0.15, -0.1) is 22.7 Å². The van der Waals surface area contributed by atoms with Crippen LogP contribution in [-0.2, 0) is 0 Å². The Labute approximate surface area is 105 Å². The largest absolute Gasteiger partial charge is 0.288 e. The number of ketones is 1. The quantitative estimate of drug-likeness (QED) is 0.750. The van der Waals surface area contributed by atoms with Gasteiger partial charge in [0, 0.05) is 15.8 Å². The van der Waals surface area contributed by atoms with Crippen LogP contribution in [0.5, 0.6) is 0 Å². The molecule has 0 N–H and O–H groups in total. The van der Waals surface area contributed by atoms with Gasteiger partial charge in [-0.3, -0.25) is 4.79 Å². The minimum atomic E-state index is 0.123. The van der Waals surface area contributed by atoms with E-state index in [1.165, 1.54) is 16.2 Å². The molecule has 0 spiro atoms. The lowest BCUT2D eigenvalue weighted by atomic mass is 10.2. The lowest BCUT2D eigenvalue weighted by molar-refractivity contribution is 0.104. The minimum Gasteiger partial charge on any atom is -0.288 e. The van der Waals surface area contributed by atoms with Gasteiger partial charge in [0.05, 0.1) is 8.66 Å². The fourth-order valence-electron chi connectivity index (χ4n) is 1.28. The van der Waals surface area contributed by atoms with Crippen LogP contribution >= 0.6 is 38.6 Å². The number of rotatable bonds is 2. The van der Waals surface area contributed by atoms with Crippen molar-refractivity contribution in [3.63, 3.8) is 0 Å². The fraction of sp³-hybridized carbons (Fsp3) is 0.182. The van der Waals surface area contributed by atoms with Crippen molar-refractivity contribution in [2.24, 2.45) is 0 Å². The topological polar surface area (TPSA) is 17.1 Å². The average Bonchev–Trinajstić information content (AvgIpc) is 2.74. The molecule has 78 valence electrons. The first kappa shape index (κ1) is 11.0. The second-order valence-corrected chi connectivity index (χ2v) is 6.83.